The van der Waals surface area contributed by atoms with Crippen LogP contribution in [0.3, 0.4) is 0 Å². The fourth-order valence-corrected chi connectivity index (χ4v) is 6.72. The highest BCUT2D eigenvalue weighted by molar-refractivity contribution is 5.89. The Morgan fingerprint density at radius 3 is 2.45 bits per heavy atom. The van der Waals surface area contributed by atoms with Crippen LogP contribution in [0.1, 0.15) is 73.1 Å². The van der Waals surface area contributed by atoms with Gasteiger partial charge in [0.1, 0.15) is 11.6 Å². The zero-order valence-corrected chi connectivity index (χ0v) is 19.9. The number of ether oxygens (including phenoxy) is 2. The number of carbonyl (C=O) groups is 3. The first-order valence-electron chi connectivity index (χ1n) is 11.6. The van der Waals surface area contributed by atoms with Crippen molar-refractivity contribution in [3.8, 4) is 0 Å². The van der Waals surface area contributed by atoms with Crippen LogP contribution in [0.5, 0.6) is 0 Å². The zero-order valence-electron chi connectivity index (χ0n) is 19.9. The van der Waals surface area contributed by atoms with Crippen molar-refractivity contribution in [3.05, 3.63) is 24.0 Å². The van der Waals surface area contributed by atoms with Gasteiger partial charge in [-0.25, -0.2) is 4.79 Å². The number of rotatable bonds is 6. The van der Waals surface area contributed by atoms with Crippen LogP contribution in [0, 0.1) is 35.0 Å². The molecule has 0 saturated heterocycles. The molecule has 0 radical (unpaired) electrons. The maximum Gasteiger partial charge on any atom is 0.335 e. The van der Waals surface area contributed by atoms with E-state index in [0.717, 1.165) is 37.7 Å². The van der Waals surface area contributed by atoms with Gasteiger partial charge in [-0.3, -0.25) is 4.79 Å². The number of ketones is 2. The second-order valence-electron chi connectivity index (χ2n) is 10.8. The van der Waals surface area contributed by atoms with Crippen molar-refractivity contribution in [1.29, 1.82) is 0 Å². The molecule has 0 N–H and O–H groups in total. The number of hydrogen-bond donors (Lipinski definition) is 0. The second kappa shape index (κ2) is 9.01. The molecule has 0 spiro atoms. The van der Waals surface area contributed by atoms with E-state index in [1.165, 1.54) is 12.3 Å². The highest BCUT2D eigenvalue weighted by atomic mass is 16.5. The standard InChI is InChI=1S/C26H38O5/c1-16(2)13-23(28)31-12-9-21-19(14-17(3)27)24(29)18-7-11-26(5,30-6)22-8-10-25(21,4)15-20(18)22/h9,12-13,18-22H,7-8,10-11,14-15H2,1-6H3/b12-9+/t18-,19+,20-,21+,22-,25+,26+/m0/s1. The number of hydrogen-bond acceptors (Lipinski definition) is 5. The number of fused-ring (bicyclic) bond motifs is 1. The Kier molecular flexibility index (Phi) is 6.95. The van der Waals surface area contributed by atoms with Gasteiger partial charge in [0, 0.05) is 31.4 Å². The van der Waals surface area contributed by atoms with E-state index in [4.69, 9.17) is 9.47 Å². The highest BCUT2D eigenvalue weighted by Crippen LogP contribution is 2.61. The third-order valence-electron chi connectivity index (χ3n) is 8.32. The molecule has 0 aliphatic heterocycles. The molecular formula is C26H38O5. The molecule has 172 valence electrons. The molecule has 0 unspecified atom stereocenters. The van der Waals surface area contributed by atoms with E-state index < -0.39 is 5.97 Å². The molecule has 3 aliphatic carbocycles. The van der Waals surface area contributed by atoms with E-state index in [1.54, 1.807) is 14.0 Å². The Morgan fingerprint density at radius 2 is 1.84 bits per heavy atom. The molecule has 5 nitrogen and oxygen atoms in total. The van der Waals surface area contributed by atoms with Gasteiger partial charge in [-0.15, -0.1) is 0 Å². The molecule has 3 rings (SSSR count). The third-order valence-corrected chi connectivity index (χ3v) is 8.32. The minimum absolute atomic E-state index is 0.0103. The lowest BCUT2D eigenvalue weighted by Crippen LogP contribution is -2.52. The van der Waals surface area contributed by atoms with E-state index in [1.807, 2.05) is 19.9 Å². The molecule has 3 saturated carbocycles. The predicted octanol–water partition coefficient (Wildman–Crippen LogP) is 5.04. The average Bonchev–Trinajstić information content (AvgIpc) is 2.74. The van der Waals surface area contributed by atoms with Gasteiger partial charge >= 0.3 is 5.97 Å². The van der Waals surface area contributed by atoms with Gasteiger partial charge in [0.25, 0.3) is 0 Å². The quantitative estimate of drug-likeness (QED) is 0.335. The van der Waals surface area contributed by atoms with Gasteiger partial charge in [-0.1, -0.05) is 12.5 Å². The molecule has 0 aromatic carbocycles. The summed E-state index contributed by atoms with van der Waals surface area (Å²) in [4.78, 5) is 37.9. The van der Waals surface area contributed by atoms with Crippen LogP contribution >= 0.6 is 0 Å². The van der Waals surface area contributed by atoms with Crippen LogP contribution in [0.15, 0.2) is 24.0 Å². The van der Waals surface area contributed by atoms with Gasteiger partial charge in [0.05, 0.1) is 11.9 Å². The van der Waals surface area contributed by atoms with Crippen molar-refractivity contribution in [3.63, 3.8) is 0 Å². The van der Waals surface area contributed by atoms with E-state index >= 15 is 0 Å². The van der Waals surface area contributed by atoms with Crippen molar-refractivity contribution in [2.24, 2.45) is 35.0 Å². The summed E-state index contributed by atoms with van der Waals surface area (Å²) in [6.45, 7) is 9.68. The molecule has 0 aromatic heterocycles. The first-order valence-corrected chi connectivity index (χ1v) is 11.6. The smallest absolute Gasteiger partial charge is 0.335 e. The SMILES string of the molecule is CO[C@]1(C)CC[C@@H]2C(=O)[C@H](CC(C)=O)[C@@H](/C=C/OC(=O)C=C(C)C)[C@]3(C)CC[C@H]1[C@H]2C3. The zero-order chi connectivity index (χ0) is 23.0. The Morgan fingerprint density at radius 1 is 1.13 bits per heavy atom. The van der Waals surface area contributed by atoms with Gasteiger partial charge < -0.3 is 14.3 Å². The fourth-order valence-electron chi connectivity index (χ4n) is 6.72. The predicted molar refractivity (Wildman–Crippen MR) is 119 cm³/mol. The van der Waals surface area contributed by atoms with Crippen LogP contribution < -0.4 is 0 Å². The fraction of sp³-hybridized carbons (Fsp3) is 0.731. The van der Waals surface area contributed by atoms with Gasteiger partial charge in [-0.2, -0.15) is 0 Å². The van der Waals surface area contributed by atoms with E-state index in [2.05, 4.69) is 13.8 Å². The number of Topliss-reactive ketones (excluding diaryl/α,β-unsaturated/α-hetero) is 2. The summed E-state index contributed by atoms with van der Waals surface area (Å²) in [5.41, 5.74) is 0.568. The molecule has 7 atom stereocenters. The van der Waals surface area contributed by atoms with E-state index in [9.17, 15) is 14.4 Å². The molecule has 2 bridgehead atoms. The minimum Gasteiger partial charge on any atom is -0.432 e. The number of methoxy groups -OCH3 is 1. The summed E-state index contributed by atoms with van der Waals surface area (Å²) in [5, 5.41) is 0. The summed E-state index contributed by atoms with van der Waals surface area (Å²) in [5.74, 6) is -0.00553. The molecule has 31 heavy (non-hydrogen) atoms. The Bertz CT molecular complexity index is 792. The normalized spacial score (nSPS) is 39.7. The van der Waals surface area contributed by atoms with Crippen molar-refractivity contribution in [2.75, 3.05) is 7.11 Å². The molecule has 3 fully saturated rings. The average molecular weight is 431 g/mol. The molecule has 0 heterocycles. The van der Waals surface area contributed by atoms with Crippen molar-refractivity contribution < 1.29 is 23.9 Å². The van der Waals surface area contributed by atoms with Crippen molar-refractivity contribution in [2.45, 2.75) is 78.7 Å². The third kappa shape index (κ3) is 4.72. The van der Waals surface area contributed by atoms with Crippen LogP contribution in [0.2, 0.25) is 0 Å². The summed E-state index contributed by atoms with van der Waals surface area (Å²) in [7, 11) is 1.79. The van der Waals surface area contributed by atoms with Crippen LogP contribution in [-0.2, 0) is 23.9 Å². The van der Waals surface area contributed by atoms with Crippen LogP contribution in [-0.4, -0.2) is 30.2 Å². The summed E-state index contributed by atoms with van der Waals surface area (Å²) in [6.07, 6.45) is 9.66. The monoisotopic (exact) mass is 430 g/mol. The van der Waals surface area contributed by atoms with Gasteiger partial charge in [0.2, 0.25) is 0 Å². The molecule has 3 aliphatic rings. The minimum atomic E-state index is -0.419. The Balaban J connectivity index is 1.96. The Hall–Kier alpha value is -1.75. The number of esters is 1. The van der Waals surface area contributed by atoms with Crippen LogP contribution in [0.25, 0.3) is 0 Å². The molecular weight excluding hydrogens is 392 g/mol. The van der Waals surface area contributed by atoms with E-state index in [0.29, 0.717) is 5.92 Å². The van der Waals surface area contributed by atoms with Gasteiger partial charge in [0.15, 0.2) is 0 Å². The maximum absolute atomic E-state index is 13.8. The lowest BCUT2D eigenvalue weighted by Gasteiger charge is -2.54. The summed E-state index contributed by atoms with van der Waals surface area (Å²) >= 11 is 0. The highest BCUT2D eigenvalue weighted by Gasteiger charge is 2.59. The molecule has 0 aromatic rings. The first kappa shape index (κ1) is 23.9. The maximum atomic E-state index is 13.8. The lowest BCUT2D eigenvalue weighted by molar-refractivity contribution is -0.147. The van der Waals surface area contributed by atoms with Crippen molar-refractivity contribution in [1.82, 2.24) is 0 Å². The summed E-state index contributed by atoms with van der Waals surface area (Å²) < 4.78 is 11.3. The van der Waals surface area contributed by atoms with E-state index in [-0.39, 0.29) is 52.7 Å². The summed E-state index contributed by atoms with van der Waals surface area (Å²) in [6, 6.07) is 0. The number of allylic oxidation sites excluding steroid dienone is 2. The molecule has 0 amide bonds. The Labute approximate surface area is 186 Å². The topological polar surface area (TPSA) is 69.7 Å². The number of carbonyl (C=O) groups excluding carboxylic acids is 3. The van der Waals surface area contributed by atoms with Crippen LogP contribution in [0.4, 0.5) is 0 Å². The lowest BCUT2D eigenvalue weighted by atomic mass is 9.54. The van der Waals surface area contributed by atoms with Gasteiger partial charge in [-0.05, 0) is 89.0 Å². The molecule has 5 heteroatoms. The van der Waals surface area contributed by atoms with Crippen molar-refractivity contribution >= 4 is 17.5 Å². The largest absolute Gasteiger partial charge is 0.432 e. The first-order chi connectivity index (χ1) is 14.5. The second-order valence-corrected chi connectivity index (χ2v) is 10.8.